The predicted octanol–water partition coefficient (Wildman–Crippen LogP) is 2.68. The second-order valence-electron chi connectivity index (χ2n) is 4.73. The Balaban J connectivity index is 2.17. The lowest BCUT2D eigenvalue weighted by Gasteiger charge is -2.26. The van der Waals surface area contributed by atoms with E-state index in [0.29, 0.717) is 16.3 Å². The first-order valence-corrected chi connectivity index (χ1v) is 6.75. The van der Waals surface area contributed by atoms with Gasteiger partial charge in [-0.2, -0.15) is 5.26 Å². The van der Waals surface area contributed by atoms with Gasteiger partial charge in [-0.25, -0.2) is 0 Å². The highest BCUT2D eigenvalue weighted by Gasteiger charge is 2.39. The number of benzene rings is 1. The number of anilines is 1. The first kappa shape index (κ1) is 13.9. The Hall–Kier alpha value is -1.57. The van der Waals surface area contributed by atoms with Crippen molar-refractivity contribution in [3.63, 3.8) is 0 Å². The van der Waals surface area contributed by atoms with Gasteiger partial charge in [-0.1, -0.05) is 18.5 Å². The molecule has 2 rings (SSSR count). The third kappa shape index (κ3) is 2.73. The Labute approximate surface area is 117 Å². The number of carbonyl (C=O) groups excluding carboxylic acids is 1. The van der Waals surface area contributed by atoms with Gasteiger partial charge in [0.2, 0.25) is 5.91 Å². The van der Waals surface area contributed by atoms with Gasteiger partial charge in [-0.15, -0.1) is 0 Å². The van der Waals surface area contributed by atoms with E-state index in [4.69, 9.17) is 16.9 Å². The van der Waals surface area contributed by atoms with Gasteiger partial charge in [0.15, 0.2) is 0 Å². The van der Waals surface area contributed by atoms with E-state index in [0.717, 1.165) is 25.8 Å². The summed E-state index contributed by atoms with van der Waals surface area (Å²) in [6.07, 6.45) is 2.58. The molecule has 0 spiro atoms. The van der Waals surface area contributed by atoms with E-state index in [1.54, 1.807) is 18.2 Å². The number of hydrogen-bond donors (Lipinski definition) is 2. The summed E-state index contributed by atoms with van der Waals surface area (Å²) in [5.41, 5.74) is 0.538. The normalized spacial score (nSPS) is 21.9. The molecule has 1 atom stereocenters. The highest BCUT2D eigenvalue weighted by Crippen LogP contribution is 2.28. The second kappa shape index (κ2) is 5.60. The van der Waals surface area contributed by atoms with Crippen LogP contribution in [-0.2, 0) is 4.79 Å². The molecule has 1 aliphatic heterocycles. The number of carbonyl (C=O) groups is 1. The van der Waals surface area contributed by atoms with Crippen molar-refractivity contribution in [2.45, 2.75) is 31.7 Å². The SMILES string of the molecule is CCC1(C(=O)Nc2ccc(C#N)cc2Cl)CCCN1. The Bertz CT molecular complexity index is 530. The number of halogens is 1. The molecule has 1 aliphatic rings. The molecule has 1 fully saturated rings. The summed E-state index contributed by atoms with van der Waals surface area (Å²) < 4.78 is 0. The van der Waals surface area contributed by atoms with Crippen molar-refractivity contribution >= 4 is 23.2 Å². The van der Waals surface area contributed by atoms with Crippen molar-refractivity contribution < 1.29 is 4.79 Å². The monoisotopic (exact) mass is 277 g/mol. The Morgan fingerprint density at radius 2 is 2.42 bits per heavy atom. The van der Waals surface area contributed by atoms with Crippen LogP contribution in [-0.4, -0.2) is 18.0 Å². The van der Waals surface area contributed by atoms with Crippen molar-refractivity contribution in [1.29, 1.82) is 5.26 Å². The zero-order valence-corrected chi connectivity index (χ0v) is 11.5. The fourth-order valence-corrected chi connectivity index (χ4v) is 2.62. The van der Waals surface area contributed by atoms with Gasteiger partial charge in [0.1, 0.15) is 0 Å². The highest BCUT2D eigenvalue weighted by molar-refractivity contribution is 6.33. The van der Waals surface area contributed by atoms with E-state index >= 15 is 0 Å². The third-order valence-corrected chi connectivity index (χ3v) is 3.94. The molecule has 0 saturated carbocycles. The summed E-state index contributed by atoms with van der Waals surface area (Å²) in [7, 11) is 0. The fourth-order valence-electron chi connectivity index (χ4n) is 2.39. The Morgan fingerprint density at radius 1 is 1.63 bits per heavy atom. The van der Waals surface area contributed by atoms with Crippen LogP contribution in [0.1, 0.15) is 31.7 Å². The average Bonchev–Trinajstić information content (AvgIpc) is 2.91. The van der Waals surface area contributed by atoms with Gasteiger partial charge in [0, 0.05) is 0 Å². The average molecular weight is 278 g/mol. The molecule has 0 radical (unpaired) electrons. The molecule has 1 amide bonds. The van der Waals surface area contributed by atoms with Gasteiger partial charge < -0.3 is 10.6 Å². The molecule has 0 aromatic heterocycles. The minimum Gasteiger partial charge on any atom is -0.323 e. The predicted molar refractivity (Wildman–Crippen MR) is 75.1 cm³/mol. The van der Waals surface area contributed by atoms with Crippen LogP contribution in [0.25, 0.3) is 0 Å². The van der Waals surface area contributed by atoms with Crippen molar-refractivity contribution in [3.8, 4) is 6.07 Å². The van der Waals surface area contributed by atoms with Crippen molar-refractivity contribution in [3.05, 3.63) is 28.8 Å². The van der Waals surface area contributed by atoms with Crippen LogP contribution in [0.3, 0.4) is 0 Å². The number of rotatable bonds is 3. The lowest BCUT2D eigenvalue weighted by Crippen LogP contribution is -2.50. The molecule has 1 aromatic rings. The Morgan fingerprint density at radius 3 is 2.95 bits per heavy atom. The van der Waals surface area contributed by atoms with E-state index in [-0.39, 0.29) is 5.91 Å². The van der Waals surface area contributed by atoms with Crippen LogP contribution < -0.4 is 10.6 Å². The molecule has 1 aromatic carbocycles. The van der Waals surface area contributed by atoms with Crippen molar-refractivity contribution in [1.82, 2.24) is 5.32 Å². The maximum Gasteiger partial charge on any atom is 0.244 e. The van der Waals surface area contributed by atoms with E-state index in [1.165, 1.54) is 0 Å². The van der Waals surface area contributed by atoms with Crippen LogP contribution in [0.4, 0.5) is 5.69 Å². The molecule has 2 N–H and O–H groups in total. The molecular weight excluding hydrogens is 262 g/mol. The highest BCUT2D eigenvalue weighted by atomic mass is 35.5. The van der Waals surface area contributed by atoms with Crippen molar-refractivity contribution in [2.24, 2.45) is 0 Å². The quantitative estimate of drug-likeness (QED) is 0.893. The van der Waals surface area contributed by atoms with Crippen LogP contribution in [0.15, 0.2) is 18.2 Å². The molecular formula is C14H16ClN3O. The zero-order chi connectivity index (χ0) is 13.9. The second-order valence-corrected chi connectivity index (χ2v) is 5.13. The molecule has 1 heterocycles. The molecule has 0 aliphatic carbocycles. The third-order valence-electron chi connectivity index (χ3n) is 3.63. The van der Waals surface area contributed by atoms with Gasteiger partial charge in [-0.05, 0) is 44.0 Å². The van der Waals surface area contributed by atoms with Gasteiger partial charge in [0.25, 0.3) is 0 Å². The van der Waals surface area contributed by atoms with Gasteiger partial charge >= 0.3 is 0 Å². The molecule has 5 heteroatoms. The summed E-state index contributed by atoms with van der Waals surface area (Å²) in [4.78, 5) is 12.4. The minimum atomic E-state index is -0.489. The summed E-state index contributed by atoms with van der Waals surface area (Å²) in [5, 5.41) is 15.3. The molecule has 19 heavy (non-hydrogen) atoms. The minimum absolute atomic E-state index is 0.0564. The Kier molecular flexibility index (Phi) is 4.08. The molecule has 0 bridgehead atoms. The number of amides is 1. The standard InChI is InChI=1S/C14H16ClN3O/c1-2-14(6-3-7-17-14)13(19)18-12-5-4-10(9-16)8-11(12)15/h4-5,8,17H,2-3,6-7H2,1H3,(H,18,19). The lowest BCUT2D eigenvalue weighted by atomic mass is 9.93. The zero-order valence-electron chi connectivity index (χ0n) is 10.8. The maximum absolute atomic E-state index is 12.4. The molecule has 100 valence electrons. The molecule has 1 saturated heterocycles. The van der Waals surface area contributed by atoms with Gasteiger partial charge in [-0.3, -0.25) is 4.79 Å². The molecule has 4 nitrogen and oxygen atoms in total. The fraction of sp³-hybridized carbons (Fsp3) is 0.429. The van der Waals surface area contributed by atoms with Crippen LogP contribution in [0.2, 0.25) is 5.02 Å². The first-order valence-electron chi connectivity index (χ1n) is 6.37. The summed E-state index contributed by atoms with van der Waals surface area (Å²) in [5.74, 6) is -0.0564. The number of hydrogen-bond acceptors (Lipinski definition) is 3. The first-order chi connectivity index (χ1) is 9.11. The molecule has 1 unspecified atom stereocenters. The van der Waals surface area contributed by atoms with E-state index in [9.17, 15) is 4.79 Å². The lowest BCUT2D eigenvalue weighted by molar-refractivity contribution is -0.122. The van der Waals surface area contributed by atoms with E-state index in [2.05, 4.69) is 10.6 Å². The summed E-state index contributed by atoms with van der Waals surface area (Å²) >= 11 is 6.06. The smallest absolute Gasteiger partial charge is 0.244 e. The largest absolute Gasteiger partial charge is 0.323 e. The van der Waals surface area contributed by atoms with Crippen LogP contribution in [0, 0.1) is 11.3 Å². The number of nitriles is 1. The van der Waals surface area contributed by atoms with E-state index in [1.807, 2.05) is 13.0 Å². The maximum atomic E-state index is 12.4. The topological polar surface area (TPSA) is 64.9 Å². The van der Waals surface area contributed by atoms with Crippen molar-refractivity contribution in [2.75, 3.05) is 11.9 Å². The number of nitrogens with zero attached hydrogens (tertiary/aromatic N) is 1. The summed E-state index contributed by atoms with van der Waals surface area (Å²) in [6, 6.07) is 6.87. The number of nitrogens with one attached hydrogen (secondary N) is 2. The van der Waals surface area contributed by atoms with E-state index < -0.39 is 5.54 Å². The van der Waals surface area contributed by atoms with Gasteiger partial charge in [0.05, 0.1) is 27.9 Å². The van der Waals surface area contributed by atoms with Crippen LogP contribution >= 0.6 is 11.6 Å². The summed E-state index contributed by atoms with van der Waals surface area (Å²) in [6.45, 7) is 2.86. The van der Waals surface area contributed by atoms with Crippen LogP contribution in [0.5, 0.6) is 0 Å².